The van der Waals surface area contributed by atoms with E-state index in [-0.39, 0.29) is 12.1 Å². The number of hydrogen-bond acceptors (Lipinski definition) is 3. The van der Waals surface area contributed by atoms with E-state index >= 15 is 0 Å². The molecule has 0 bridgehead atoms. The van der Waals surface area contributed by atoms with Crippen molar-refractivity contribution in [1.29, 1.82) is 0 Å². The van der Waals surface area contributed by atoms with Crippen molar-refractivity contribution >= 4 is 11.9 Å². The molecule has 1 saturated heterocycles. The first-order valence-corrected chi connectivity index (χ1v) is 9.91. The number of carbonyl (C=O) groups excluding carboxylic acids is 2. The molecule has 1 aliphatic heterocycles. The SMILES string of the molecule is Cc1cc(C)c(=O)n(CC2(C3=CCCC(CC(C)C)C=C3)NC(=O)NC2=O)c1. The van der Waals surface area contributed by atoms with Gasteiger partial charge in [-0.1, -0.05) is 32.1 Å². The Labute approximate surface area is 165 Å². The number of amides is 3. The molecule has 2 aliphatic rings. The molecule has 2 atom stereocenters. The maximum absolute atomic E-state index is 12.9. The summed E-state index contributed by atoms with van der Waals surface area (Å²) in [5, 5.41) is 5.16. The maximum Gasteiger partial charge on any atom is 0.322 e. The first-order valence-electron chi connectivity index (χ1n) is 9.91. The molecule has 1 aliphatic carbocycles. The van der Waals surface area contributed by atoms with Crippen molar-refractivity contribution in [2.45, 2.75) is 59.0 Å². The van der Waals surface area contributed by atoms with E-state index in [0.717, 1.165) is 30.4 Å². The maximum atomic E-state index is 12.9. The molecule has 2 N–H and O–H groups in total. The number of carbonyl (C=O) groups is 2. The Morgan fingerprint density at radius 3 is 2.64 bits per heavy atom. The second-order valence-corrected chi connectivity index (χ2v) is 8.43. The predicted molar refractivity (Wildman–Crippen MR) is 109 cm³/mol. The number of aromatic nitrogens is 1. The quantitative estimate of drug-likeness (QED) is 0.767. The third-order valence-corrected chi connectivity index (χ3v) is 5.47. The van der Waals surface area contributed by atoms with Gasteiger partial charge in [-0.3, -0.25) is 14.9 Å². The molecule has 0 radical (unpaired) electrons. The predicted octanol–water partition coefficient (Wildman–Crippen LogP) is 2.98. The number of hydrogen-bond donors (Lipinski definition) is 2. The van der Waals surface area contributed by atoms with Crippen LogP contribution in [0.2, 0.25) is 0 Å². The van der Waals surface area contributed by atoms with Gasteiger partial charge in [0.2, 0.25) is 0 Å². The zero-order chi connectivity index (χ0) is 20.5. The zero-order valence-corrected chi connectivity index (χ0v) is 17.0. The highest BCUT2D eigenvalue weighted by Gasteiger charge is 2.49. The van der Waals surface area contributed by atoms with Crippen molar-refractivity contribution in [2.24, 2.45) is 11.8 Å². The highest BCUT2D eigenvalue weighted by Crippen LogP contribution is 2.30. The van der Waals surface area contributed by atoms with E-state index < -0.39 is 17.5 Å². The minimum Gasteiger partial charge on any atom is -0.318 e. The number of pyridine rings is 1. The Morgan fingerprint density at radius 1 is 1.25 bits per heavy atom. The molecule has 2 unspecified atom stereocenters. The van der Waals surface area contributed by atoms with E-state index in [1.807, 2.05) is 25.1 Å². The second kappa shape index (κ2) is 7.78. The minimum absolute atomic E-state index is 0.0664. The lowest BCUT2D eigenvalue weighted by Gasteiger charge is -2.28. The van der Waals surface area contributed by atoms with Gasteiger partial charge in [-0.25, -0.2) is 4.79 Å². The van der Waals surface area contributed by atoms with Gasteiger partial charge in [-0.05, 0) is 62.1 Å². The number of imide groups is 1. The second-order valence-electron chi connectivity index (χ2n) is 8.43. The lowest BCUT2D eigenvalue weighted by Crippen LogP contribution is -2.53. The largest absolute Gasteiger partial charge is 0.322 e. The van der Waals surface area contributed by atoms with E-state index in [4.69, 9.17) is 0 Å². The van der Waals surface area contributed by atoms with Gasteiger partial charge < -0.3 is 9.88 Å². The first kappa shape index (κ1) is 20.1. The third-order valence-electron chi connectivity index (χ3n) is 5.47. The van der Waals surface area contributed by atoms with Gasteiger partial charge in [-0.2, -0.15) is 0 Å². The fraction of sp³-hybridized carbons (Fsp3) is 0.500. The summed E-state index contributed by atoms with van der Waals surface area (Å²) in [6.45, 7) is 8.13. The molecule has 1 aromatic heterocycles. The Hall–Kier alpha value is -2.63. The van der Waals surface area contributed by atoms with Crippen molar-refractivity contribution in [2.75, 3.05) is 0 Å². The summed E-state index contributed by atoms with van der Waals surface area (Å²) in [7, 11) is 0. The van der Waals surface area contributed by atoms with Crippen LogP contribution in [-0.2, 0) is 11.3 Å². The van der Waals surface area contributed by atoms with Crippen LogP contribution >= 0.6 is 0 Å². The Balaban J connectivity index is 2.01. The normalized spacial score (nSPS) is 24.8. The Morgan fingerprint density at radius 2 is 2.00 bits per heavy atom. The van der Waals surface area contributed by atoms with Crippen LogP contribution < -0.4 is 16.2 Å². The van der Waals surface area contributed by atoms with E-state index in [1.165, 1.54) is 4.57 Å². The number of allylic oxidation sites excluding steroid dienone is 2. The highest BCUT2D eigenvalue weighted by atomic mass is 16.2. The monoisotopic (exact) mass is 383 g/mol. The molecule has 1 fully saturated rings. The molecular formula is C22H29N3O3. The molecule has 3 rings (SSSR count). The van der Waals surface area contributed by atoms with Gasteiger partial charge >= 0.3 is 6.03 Å². The van der Waals surface area contributed by atoms with Gasteiger partial charge in [0.15, 0.2) is 5.54 Å². The lowest BCUT2D eigenvalue weighted by atomic mass is 9.88. The van der Waals surface area contributed by atoms with Crippen LogP contribution in [-0.4, -0.2) is 22.0 Å². The summed E-state index contributed by atoms with van der Waals surface area (Å²) in [5.74, 6) is 0.616. The standard InChI is InChI=1S/C22H29N3O3/c1-14(2)10-17-6-5-7-18(9-8-17)22(20(27)23-21(28)24-22)13-25-12-15(3)11-16(4)19(25)26/h7-9,11-12,14,17H,5-6,10,13H2,1-4H3,(H2,23,24,27,28). The van der Waals surface area contributed by atoms with Crippen molar-refractivity contribution < 1.29 is 9.59 Å². The van der Waals surface area contributed by atoms with Crippen LogP contribution in [0.25, 0.3) is 0 Å². The Bertz CT molecular complexity index is 910. The molecule has 3 amide bonds. The number of nitrogens with one attached hydrogen (secondary N) is 2. The fourth-order valence-corrected chi connectivity index (χ4v) is 4.22. The lowest BCUT2D eigenvalue weighted by molar-refractivity contribution is -0.123. The van der Waals surface area contributed by atoms with Crippen molar-refractivity contribution in [1.82, 2.24) is 15.2 Å². The zero-order valence-electron chi connectivity index (χ0n) is 17.0. The number of aryl methyl sites for hydroxylation is 2. The van der Waals surface area contributed by atoms with Crippen LogP contribution in [0.4, 0.5) is 4.79 Å². The summed E-state index contributed by atoms with van der Waals surface area (Å²) in [5.41, 5.74) is 0.856. The van der Waals surface area contributed by atoms with Crippen LogP contribution in [0.1, 0.15) is 44.2 Å². The smallest absolute Gasteiger partial charge is 0.318 e. The van der Waals surface area contributed by atoms with Crippen molar-refractivity contribution in [3.63, 3.8) is 0 Å². The fourth-order valence-electron chi connectivity index (χ4n) is 4.22. The van der Waals surface area contributed by atoms with Gasteiger partial charge in [0, 0.05) is 11.8 Å². The van der Waals surface area contributed by atoms with Crippen molar-refractivity contribution in [3.05, 3.63) is 57.5 Å². The summed E-state index contributed by atoms with van der Waals surface area (Å²) < 4.78 is 1.53. The summed E-state index contributed by atoms with van der Waals surface area (Å²) in [6, 6.07) is 1.29. The number of rotatable bonds is 5. The third kappa shape index (κ3) is 3.96. The van der Waals surface area contributed by atoms with Crippen LogP contribution in [0.15, 0.2) is 40.9 Å². The number of nitrogens with zero attached hydrogens (tertiary/aromatic N) is 1. The van der Waals surface area contributed by atoms with E-state index in [1.54, 1.807) is 13.1 Å². The van der Waals surface area contributed by atoms with Gasteiger partial charge in [0.25, 0.3) is 11.5 Å². The van der Waals surface area contributed by atoms with Gasteiger partial charge in [-0.15, -0.1) is 0 Å². The van der Waals surface area contributed by atoms with Gasteiger partial charge in [0.05, 0.1) is 6.54 Å². The molecular weight excluding hydrogens is 354 g/mol. The molecule has 6 heteroatoms. The van der Waals surface area contributed by atoms with E-state index in [9.17, 15) is 14.4 Å². The molecule has 0 aromatic carbocycles. The summed E-state index contributed by atoms with van der Waals surface area (Å²) in [6.07, 6.45) is 10.8. The van der Waals surface area contributed by atoms with Gasteiger partial charge in [0.1, 0.15) is 0 Å². The van der Waals surface area contributed by atoms with Crippen LogP contribution in [0, 0.1) is 25.7 Å². The average molecular weight is 383 g/mol. The molecule has 150 valence electrons. The minimum atomic E-state index is -1.27. The average Bonchev–Trinajstić information content (AvgIpc) is 2.76. The topological polar surface area (TPSA) is 80.2 Å². The highest BCUT2D eigenvalue weighted by molar-refractivity contribution is 6.09. The molecule has 1 aromatic rings. The summed E-state index contributed by atoms with van der Waals surface area (Å²) in [4.78, 5) is 37.6. The molecule has 0 spiro atoms. The van der Waals surface area contributed by atoms with Crippen molar-refractivity contribution in [3.8, 4) is 0 Å². The Kier molecular flexibility index (Phi) is 5.59. The molecule has 0 saturated carbocycles. The first-order chi connectivity index (χ1) is 13.2. The molecule has 28 heavy (non-hydrogen) atoms. The summed E-state index contributed by atoms with van der Waals surface area (Å²) >= 11 is 0. The van der Waals surface area contributed by atoms with Crippen LogP contribution in [0.5, 0.6) is 0 Å². The molecule has 2 heterocycles. The van der Waals surface area contributed by atoms with E-state index in [0.29, 0.717) is 17.4 Å². The number of urea groups is 1. The molecule has 6 nitrogen and oxygen atoms in total. The van der Waals surface area contributed by atoms with E-state index in [2.05, 4.69) is 30.6 Å². The van der Waals surface area contributed by atoms with Crippen LogP contribution in [0.3, 0.4) is 0 Å².